The molecule has 0 bridgehead atoms. The van der Waals surface area contributed by atoms with E-state index in [1.54, 1.807) is 12.1 Å². The van der Waals surface area contributed by atoms with Crippen LogP contribution in [-0.4, -0.2) is 30.3 Å². The van der Waals surface area contributed by atoms with E-state index in [9.17, 15) is 4.39 Å². The normalized spacial score (nSPS) is 21.8. The second-order valence-corrected chi connectivity index (χ2v) is 5.68. The Bertz CT molecular complexity index is 397. The van der Waals surface area contributed by atoms with Crippen molar-refractivity contribution in [3.8, 4) is 0 Å². The van der Waals surface area contributed by atoms with Crippen LogP contribution < -0.4 is 11.3 Å². The zero-order valence-electron chi connectivity index (χ0n) is 10.5. The highest BCUT2D eigenvalue weighted by Crippen LogP contribution is 2.19. The van der Waals surface area contributed by atoms with Crippen LogP contribution in [0.3, 0.4) is 0 Å². The number of thioether (sulfide) groups is 1. The number of hydrogen-bond donors (Lipinski definition) is 2. The van der Waals surface area contributed by atoms with Crippen LogP contribution in [-0.2, 0) is 11.2 Å². The fraction of sp³-hybridized carbons (Fsp3) is 0.538. The number of hydrazine groups is 1. The van der Waals surface area contributed by atoms with Gasteiger partial charge in [0.2, 0.25) is 0 Å². The molecule has 1 fully saturated rings. The van der Waals surface area contributed by atoms with E-state index in [2.05, 4.69) is 5.43 Å². The highest BCUT2D eigenvalue weighted by atomic mass is 32.2. The third-order valence-corrected chi connectivity index (χ3v) is 4.28. The molecule has 0 amide bonds. The first-order chi connectivity index (χ1) is 8.70. The molecule has 1 aliphatic rings. The molecule has 2 unspecified atom stereocenters. The van der Waals surface area contributed by atoms with Crippen molar-refractivity contribution in [3.05, 3.63) is 35.1 Å². The van der Waals surface area contributed by atoms with Crippen LogP contribution in [0.4, 0.5) is 4.39 Å². The summed E-state index contributed by atoms with van der Waals surface area (Å²) in [6.07, 6.45) is 0.780. The van der Waals surface area contributed by atoms with Crippen LogP contribution in [0.15, 0.2) is 18.2 Å². The standard InChI is InChI=1S/C13H19FN2OS/c1-9-2-3-11(14)6-10(9)7-12(16-15)13-8-18-5-4-17-13/h2-3,6,12-13,16H,4-5,7-8,15H2,1H3. The first kappa shape index (κ1) is 13.8. The predicted octanol–water partition coefficient (Wildman–Crippen LogP) is 1.64. The number of aryl methyl sites for hydroxylation is 1. The minimum Gasteiger partial charge on any atom is -0.375 e. The van der Waals surface area contributed by atoms with Gasteiger partial charge in [-0.1, -0.05) is 6.07 Å². The molecule has 0 saturated carbocycles. The molecule has 3 N–H and O–H groups in total. The maximum atomic E-state index is 13.3. The number of halogens is 1. The summed E-state index contributed by atoms with van der Waals surface area (Å²) in [5, 5.41) is 0. The van der Waals surface area contributed by atoms with Gasteiger partial charge in [-0.2, -0.15) is 11.8 Å². The molecule has 0 aromatic heterocycles. The first-order valence-corrected chi connectivity index (χ1v) is 7.26. The molecule has 0 radical (unpaired) electrons. The van der Waals surface area contributed by atoms with Crippen molar-refractivity contribution >= 4 is 11.8 Å². The Labute approximate surface area is 111 Å². The summed E-state index contributed by atoms with van der Waals surface area (Å²) in [6.45, 7) is 2.74. The van der Waals surface area contributed by atoms with Crippen LogP contribution in [0.2, 0.25) is 0 Å². The van der Waals surface area contributed by atoms with Crippen molar-refractivity contribution in [2.75, 3.05) is 18.1 Å². The number of benzene rings is 1. The fourth-order valence-electron chi connectivity index (χ4n) is 2.13. The van der Waals surface area contributed by atoms with Crippen molar-refractivity contribution in [1.82, 2.24) is 5.43 Å². The summed E-state index contributed by atoms with van der Waals surface area (Å²) in [6, 6.07) is 4.89. The summed E-state index contributed by atoms with van der Waals surface area (Å²) in [4.78, 5) is 0. The van der Waals surface area contributed by atoms with E-state index in [-0.39, 0.29) is 18.0 Å². The molecule has 1 saturated heterocycles. The van der Waals surface area contributed by atoms with Crippen LogP contribution in [0.1, 0.15) is 11.1 Å². The van der Waals surface area contributed by atoms with Gasteiger partial charge in [0.1, 0.15) is 5.82 Å². The van der Waals surface area contributed by atoms with E-state index in [4.69, 9.17) is 10.6 Å². The van der Waals surface area contributed by atoms with Crippen molar-refractivity contribution < 1.29 is 9.13 Å². The van der Waals surface area contributed by atoms with Gasteiger partial charge in [-0.3, -0.25) is 11.3 Å². The van der Waals surface area contributed by atoms with Gasteiger partial charge in [-0.05, 0) is 36.6 Å². The lowest BCUT2D eigenvalue weighted by molar-refractivity contribution is 0.0471. The van der Waals surface area contributed by atoms with Crippen LogP contribution >= 0.6 is 11.8 Å². The summed E-state index contributed by atoms with van der Waals surface area (Å²) in [7, 11) is 0. The van der Waals surface area contributed by atoms with E-state index in [0.717, 1.165) is 29.2 Å². The van der Waals surface area contributed by atoms with Gasteiger partial charge in [0, 0.05) is 11.5 Å². The van der Waals surface area contributed by atoms with Crippen LogP contribution in [0.5, 0.6) is 0 Å². The first-order valence-electron chi connectivity index (χ1n) is 6.11. The second-order valence-electron chi connectivity index (χ2n) is 4.53. The molecular formula is C13H19FN2OS. The molecule has 5 heteroatoms. The SMILES string of the molecule is Cc1ccc(F)cc1CC(NN)C1CSCCO1. The summed E-state index contributed by atoms with van der Waals surface area (Å²) in [5.41, 5.74) is 4.87. The Morgan fingerprint density at radius 2 is 2.44 bits per heavy atom. The molecule has 1 aliphatic heterocycles. The van der Waals surface area contributed by atoms with Gasteiger partial charge in [-0.15, -0.1) is 0 Å². The lowest BCUT2D eigenvalue weighted by Gasteiger charge is -2.30. The number of nitrogens with one attached hydrogen (secondary N) is 1. The topological polar surface area (TPSA) is 47.3 Å². The smallest absolute Gasteiger partial charge is 0.123 e. The zero-order chi connectivity index (χ0) is 13.0. The third-order valence-electron chi connectivity index (χ3n) is 3.26. The van der Waals surface area contributed by atoms with E-state index >= 15 is 0 Å². The average Bonchev–Trinajstić information content (AvgIpc) is 2.41. The summed E-state index contributed by atoms with van der Waals surface area (Å²) in [5.74, 6) is 7.37. The molecule has 2 rings (SSSR count). The van der Waals surface area contributed by atoms with Gasteiger partial charge >= 0.3 is 0 Å². The van der Waals surface area contributed by atoms with Crippen LogP contribution in [0.25, 0.3) is 0 Å². The molecule has 100 valence electrons. The highest BCUT2D eigenvalue weighted by Gasteiger charge is 2.24. The number of hydrogen-bond acceptors (Lipinski definition) is 4. The van der Waals surface area contributed by atoms with Gasteiger partial charge in [-0.25, -0.2) is 4.39 Å². The Kier molecular flexibility index (Phi) is 5.00. The molecule has 18 heavy (non-hydrogen) atoms. The zero-order valence-corrected chi connectivity index (χ0v) is 11.3. The van der Waals surface area contributed by atoms with Gasteiger partial charge in [0.15, 0.2) is 0 Å². The second kappa shape index (κ2) is 6.52. The lowest BCUT2D eigenvalue weighted by atomic mass is 9.98. The lowest BCUT2D eigenvalue weighted by Crippen LogP contribution is -2.49. The Balaban J connectivity index is 2.06. The van der Waals surface area contributed by atoms with Crippen molar-refractivity contribution in [2.45, 2.75) is 25.5 Å². The average molecular weight is 270 g/mol. The number of ether oxygens (including phenoxy) is 1. The van der Waals surface area contributed by atoms with Crippen molar-refractivity contribution in [3.63, 3.8) is 0 Å². The van der Waals surface area contributed by atoms with Gasteiger partial charge in [0.25, 0.3) is 0 Å². The molecule has 1 aromatic carbocycles. The van der Waals surface area contributed by atoms with E-state index in [0.29, 0.717) is 6.42 Å². The van der Waals surface area contributed by atoms with E-state index < -0.39 is 0 Å². The van der Waals surface area contributed by atoms with E-state index in [1.807, 2.05) is 18.7 Å². The molecular weight excluding hydrogens is 251 g/mol. The Hall–Kier alpha value is -0.620. The summed E-state index contributed by atoms with van der Waals surface area (Å²) < 4.78 is 19.0. The molecule has 1 aromatic rings. The molecule has 2 atom stereocenters. The summed E-state index contributed by atoms with van der Waals surface area (Å²) >= 11 is 1.87. The Morgan fingerprint density at radius 1 is 1.61 bits per heavy atom. The maximum absolute atomic E-state index is 13.3. The van der Waals surface area contributed by atoms with E-state index in [1.165, 1.54) is 6.07 Å². The third kappa shape index (κ3) is 3.45. The number of rotatable bonds is 4. The number of nitrogens with two attached hydrogens (primary N) is 1. The monoisotopic (exact) mass is 270 g/mol. The molecule has 3 nitrogen and oxygen atoms in total. The van der Waals surface area contributed by atoms with Crippen molar-refractivity contribution in [1.29, 1.82) is 0 Å². The minimum atomic E-state index is -0.203. The quantitative estimate of drug-likeness (QED) is 0.645. The predicted molar refractivity (Wildman–Crippen MR) is 73.0 cm³/mol. The van der Waals surface area contributed by atoms with Crippen molar-refractivity contribution in [2.24, 2.45) is 5.84 Å². The maximum Gasteiger partial charge on any atom is 0.123 e. The van der Waals surface area contributed by atoms with Crippen LogP contribution in [0, 0.1) is 12.7 Å². The molecule has 1 heterocycles. The Morgan fingerprint density at radius 3 is 3.11 bits per heavy atom. The highest BCUT2D eigenvalue weighted by molar-refractivity contribution is 7.99. The molecule has 0 aliphatic carbocycles. The fourth-order valence-corrected chi connectivity index (χ4v) is 3.07. The molecule has 0 spiro atoms. The minimum absolute atomic E-state index is 0.0262. The van der Waals surface area contributed by atoms with Gasteiger partial charge < -0.3 is 4.74 Å². The largest absolute Gasteiger partial charge is 0.375 e. The van der Waals surface area contributed by atoms with Gasteiger partial charge in [0.05, 0.1) is 18.8 Å².